The van der Waals surface area contributed by atoms with E-state index in [1.165, 1.54) is 44.6 Å². The highest BCUT2D eigenvalue weighted by Gasteiger charge is 2.40. The van der Waals surface area contributed by atoms with Crippen molar-refractivity contribution in [3.63, 3.8) is 0 Å². The number of pyridine rings is 1. The Morgan fingerprint density at radius 1 is 1.06 bits per heavy atom. The number of allylic oxidation sites excluding steroid dienone is 3. The molecule has 5 nitrogen and oxygen atoms in total. The summed E-state index contributed by atoms with van der Waals surface area (Å²) in [7, 11) is 2.23. The second-order valence-electron chi connectivity index (χ2n) is 9.65. The van der Waals surface area contributed by atoms with Crippen LogP contribution in [0.1, 0.15) is 37.3 Å². The zero-order valence-corrected chi connectivity index (χ0v) is 19.0. The Morgan fingerprint density at radius 3 is 2.56 bits per heavy atom. The second kappa shape index (κ2) is 8.99. The van der Waals surface area contributed by atoms with E-state index in [1.54, 1.807) is 6.07 Å². The lowest BCUT2D eigenvalue weighted by atomic mass is 9.78. The summed E-state index contributed by atoms with van der Waals surface area (Å²) in [5, 5.41) is 0. The number of rotatable bonds is 5. The van der Waals surface area contributed by atoms with Crippen LogP contribution in [0.5, 0.6) is 5.75 Å². The van der Waals surface area contributed by atoms with Crippen LogP contribution in [0, 0.1) is 5.41 Å². The van der Waals surface area contributed by atoms with Crippen LogP contribution in [0.2, 0.25) is 0 Å². The van der Waals surface area contributed by atoms with Gasteiger partial charge in [-0.2, -0.15) is 0 Å². The number of ether oxygens (including phenoxy) is 1. The lowest BCUT2D eigenvalue weighted by Gasteiger charge is -2.38. The van der Waals surface area contributed by atoms with Gasteiger partial charge in [0.2, 0.25) is 0 Å². The quantitative estimate of drug-likeness (QED) is 0.710. The van der Waals surface area contributed by atoms with Crippen molar-refractivity contribution in [3.8, 4) is 5.75 Å². The summed E-state index contributed by atoms with van der Waals surface area (Å²) >= 11 is 0. The van der Waals surface area contributed by atoms with Crippen molar-refractivity contribution in [2.45, 2.75) is 38.3 Å². The Kier molecular flexibility index (Phi) is 5.92. The van der Waals surface area contributed by atoms with Gasteiger partial charge in [-0.15, -0.1) is 0 Å². The number of hydrogen-bond donors (Lipinski definition) is 0. The van der Waals surface area contributed by atoms with Gasteiger partial charge in [-0.3, -0.25) is 4.79 Å². The molecule has 32 heavy (non-hydrogen) atoms. The van der Waals surface area contributed by atoms with Gasteiger partial charge < -0.3 is 19.1 Å². The third-order valence-electron chi connectivity index (χ3n) is 7.43. The minimum atomic E-state index is -0.0199. The molecule has 1 aromatic heterocycles. The maximum absolute atomic E-state index is 12.7. The Balaban J connectivity index is 1.19. The van der Waals surface area contributed by atoms with Gasteiger partial charge in [-0.1, -0.05) is 42.5 Å². The summed E-state index contributed by atoms with van der Waals surface area (Å²) in [6.45, 7) is 5.23. The van der Waals surface area contributed by atoms with E-state index >= 15 is 0 Å². The van der Waals surface area contributed by atoms with Crippen LogP contribution in [0.25, 0.3) is 0 Å². The van der Waals surface area contributed by atoms with E-state index in [2.05, 4.69) is 35.1 Å². The number of likely N-dealkylation sites (tertiary alicyclic amines) is 2. The summed E-state index contributed by atoms with van der Waals surface area (Å²) in [4.78, 5) is 17.7. The van der Waals surface area contributed by atoms with Crippen LogP contribution < -0.4 is 10.3 Å². The average Bonchev–Trinajstić information content (AvgIpc) is 3.25. The predicted molar refractivity (Wildman–Crippen MR) is 128 cm³/mol. The van der Waals surface area contributed by atoms with E-state index in [-0.39, 0.29) is 11.6 Å². The third-order valence-corrected chi connectivity index (χ3v) is 7.43. The molecule has 2 aliphatic heterocycles. The van der Waals surface area contributed by atoms with Crippen LogP contribution in [0.4, 0.5) is 0 Å². The summed E-state index contributed by atoms with van der Waals surface area (Å²) in [5.41, 5.74) is 2.90. The Bertz CT molecular complexity index is 1050. The molecular weight excluding hydrogens is 398 g/mol. The molecule has 0 amide bonds. The molecular formula is C27H33N3O2. The molecule has 1 aliphatic carbocycles. The fourth-order valence-corrected chi connectivity index (χ4v) is 5.27. The third kappa shape index (κ3) is 4.53. The first-order chi connectivity index (χ1) is 15.6. The van der Waals surface area contributed by atoms with E-state index in [1.807, 2.05) is 47.2 Å². The summed E-state index contributed by atoms with van der Waals surface area (Å²) in [5.74, 6) is 0.617. The standard InChI is InChI=1S/C27H33N3O2/c1-28-16-12-27(13-17-28)14-18-29(21-27)23-7-9-24(10-8-23)30-15-11-25(19-26(30)31)32-20-22-5-3-2-4-6-22/h2-9,11,15,19,24H,10,12-14,16-18,20-21H2,1H3. The molecule has 5 heteroatoms. The Morgan fingerprint density at radius 2 is 1.84 bits per heavy atom. The highest BCUT2D eigenvalue weighted by Crippen LogP contribution is 2.42. The van der Waals surface area contributed by atoms with E-state index in [4.69, 9.17) is 4.74 Å². The lowest BCUT2D eigenvalue weighted by molar-refractivity contribution is 0.131. The zero-order chi connectivity index (χ0) is 22.0. The predicted octanol–water partition coefficient (Wildman–Crippen LogP) is 4.23. The van der Waals surface area contributed by atoms with Crippen molar-refractivity contribution >= 4 is 0 Å². The first-order valence-electron chi connectivity index (χ1n) is 11.8. The molecule has 5 rings (SSSR count). The van der Waals surface area contributed by atoms with Crippen LogP contribution in [-0.4, -0.2) is 47.6 Å². The fraction of sp³-hybridized carbons (Fsp3) is 0.444. The fourth-order valence-electron chi connectivity index (χ4n) is 5.27. The molecule has 1 atom stereocenters. The summed E-state index contributed by atoms with van der Waals surface area (Å²) in [6, 6.07) is 13.6. The number of benzene rings is 1. The van der Waals surface area contributed by atoms with Gasteiger partial charge in [0.05, 0.1) is 6.04 Å². The van der Waals surface area contributed by atoms with Crippen LogP contribution >= 0.6 is 0 Å². The molecule has 0 bridgehead atoms. The average molecular weight is 432 g/mol. The molecule has 168 valence electrons. The molecule has 2 aromatic rings. The second-order valence-corrected chi connectivity index (χ2v) is 9.65. The Hall–Kier alpha value is -2.79. The van der Waals surface area contributed by atoms with Crippen molar-refractivity contribution in [3.05, 3.63) is 88.5 Å². The molecule has 0 N–H and O–H groups in total. The van der Waals surface area contributed by atoms with Gasteiger partial charge in [0, 0.05) is 31.0 Å². The maximum atomic E-state index is 12.7. The van der Waals surface area contributed by atoms with Crippen molar-refractivity contribution in [2.24, 2.45) is 5.41 Å². The molecule has 0 saturated carbocycles. The van der Waals surface area contributed by atoms with Gasteiger partial charge in [0.25, 0.3) is 5.56 Å². The summed E-state index contributed by atoms with van der Waals surface area (Å²) < 4.78 is 7.62. The first-order valence-corrected chi connectivity index (χ1v) is 11.8. The van der Waals surface area contributed by atoms with E-state index in [0.717, 1.165) is 18.5 Å². The molecule has 1 aromatic carbocycles. The number of nitrogens with zero attached hydrogens (tertiary/aromatic N) is 3. The van der Waals surface area contributed by atoms with Gasteiger partial charge in [-0.25, -0.2) is 0 Å². The zero-order valence-electron chi connectivity index (χ0n) is 19.0. The SMILES string of the molecule is CN1CCC2(CC1)CCN(C1=CCC(n3ccc(OCc4ccccc4)cc3=O)C=C1)C2. The van der Waals surface area contributed by atoms with Crippen LogP contribution in [0.3, 0.4) is 0 Å². The highest BCUT2D eigenvalue weighted by molar-refractivity contribution is 5.27. The van der Waals surface area contributed by atoms with E-state index in [0.29, 0.717) is 17.8 Å². The number of piperidine rings is 1. The number of aromatic nitrogens is 1. The molecule has 1 spiro atoms. The van der Waals surface area contributed by atoms with Crippen LogP contribution in [-0.2, 0) is 6.61 Å². The monoisotopic (exact) mass is 431 g/mol. The van der Waals surface area contributed by atoms with Crippen LogP contribution in [0.15, 0.2) is 77.4 Å². The Labute approximate surface area is 190 Å². The lowest BCUT2D eigenvalue weighted by Crippen LogP contribution is -2.39. The van der Waals surface area contributed by atoms with E-state index in [9.17, 15) is 4.79 Å². The molecule has 1 unspecified atom stereocenters. The van der Waals surface area contributed by atoms with Crippen molar-refractivity contribution < 1.29 is 4.74 Å². The molecule has 2 saturated heterocycles. The molecule has 3 heterocycles. The number of hydrogen-bond acceptors (Lipinski definition) is 4. The van der Waals surface area contributed by atoms with Crippen molar-refractivity contribution in [1.82, 2.24) is 14.4 Å². The molecule has 0 radical (unpaired) electrons. The minimum absolute atomic E-state index is 0.0199. The van der Waals surface area contributed by atoms with Gasteiger partial charge in [0.15, 0.2) is 0 Å². The molecule has 2 fully saturated rings. The van der Waals surface area contributed by atoms with Gasteiger partial charge >= 0.3 is 0 Å². The van der Waals surface area contributed by atoms with Crippen molar-refractivity contribution in [1.29, 1.82) is 0 Å². The minimum Gasteiger partial charge on any atom is -0.489 e. The normalized spacial score (nSPS) is 22.8. The van der Waals surface area contributed by atoms with E-state index < -0.39 is 0 Å². The topological polar surface area (TPSA) is 37.7 Å². The largest absolute Gasteiger partial charge is 0.489 e. The van der Waals surface area contributed by atoms with Gasteiger partial charge in [0.1, 0.15) is 12.4 Å². The molecule has 3 aliphatic rings. The smallest absolute Gasteiger partial charge is 0.254 e. The summed E-state index contributed by atoms with van der Waals surface area (Å²) in [6.07, 6.45) is 13.4. The maximum Gasteiger partial charge on any atom is 0.254 e. The first kappa shape index (κ1) is 21.1. The van der Waals surface area contributed by atoms with Gasteiger partial charge in [-0.05, 0) is 68.9 Å². The van der Waals surface area contributed by atoms with Crippen molar-refractivity contribution in [2.75, 3.05) is 33.2 Å². The highest BCUT2D eigenvalue weighted by atomic mass is 16.5.